The fourth-order valence-electron chi connectivity index (χ4n) is 2.36. The summed E-state index contributed by atoms with van der Waals surface area (Å²) in [5, 5.41) is 6.81. The number of nitrogens with one attached hydrogen (secondary N) is 2. The van der Waals surface area contributed by atoms with Crippen molar-refractivity contribution in [2.24, 2.45) is 0 Å². The van der Waals surface area contributed by atoms with Gasteiger partial charge >= 0.3 is 0 Å². The van der Waals surface area contributed by atoms with Crippen LogP contribution in [0, 0.1) is 27.6 Å². The number of carbonyl (C=O) groups is 2. The van der Waals surface area contributed by atoms with Gasteiger partial charge < -0.3 is 9.84 Å². The lowest BCUT2D eigenvalue weighted by Crippen LogP contribution is -2.20. The van der Waals surface area contributed by atoms with Crippen LogP contribution in [0.25, 0.3) is 0 Å². The Hall–Kier alpha value is -2.98. The zero-order valence-corrected chi connectivity index (χ0v) is 17.1. The Labute approximate surface area is 193 Å². The summed E-state index contributed by atoms with van der Waals surface area (Å²) in [4.78, 5) is 25.1. The number of sulfonamides is 1. The molecule has 0 bridgehead atoms. The van der Waals surface area contributed by atoms with E-state index in [0.29, 0.717) is 22.6 Å². The van der Waals surface area contributed by atoms with Crippen LogP contribution in [0.4, 0.5) is 11.6 Å². The smallest absolute Gasteiger partial charge is 0.267 e. The normalized spacial score (nSPS) is 18.0. The van der Waals surface area contributed by atoms with Crippen LogP contribution in [-0.4, -0.2) is 25.3 Å². The van der Waals surface area contributed by atoms with Gasteiger partial charge in [0.2, 0.25) is 5.88 Å². The summed E-state index contributed by atoms with van der Waals surface area (Å²) in [5.41, 5.74) is -4.09. The van der Waals surface area contributed by atoms with Gasteiger partial charge in [-0.3, -0.25) is 9.59 Å². The van der Waals surface area contributed by atoms with Crippen LogP contribution in [0.2, 0.25) is 0 Å². The van der Waals surface area contributed by atoms with E-state index < -0.39 is 86.5 Å². The highest BCUT2D eigenvalue weighted by molar-refractivity contribution is 7.93. The number of aromatic nitrogens is 1. The molecule has 0 radical (unpaired) electrons. The van der Waals surface area contributed by atoms with Gasteiger partial charge in [-0.1, -0.05) is 11.2 Å². The van der Waals surface area contributed by atoms with Gasteiger partial charge in [0.05, 0.1) is 14.1 Å². The van der Waals surface area contributed by atoms with Gasteiger partial charge in [-0.25, -0.2) is 13.1 Å². The fourth-order valence-corrected chi connectivity index (χ4v) is 4.73. The summed E-state index contributed by atoms with van der Waals surface area (Å²) in [6.07, 6.45) is 0. The lowest BCUT2D eigenvalue weighted by molar-refractivity contribution is 0.101. The van der Waals surface area contributed by atoms with Gasteiger partial charge in [0.15, 0.2) is 5.78 Å². The first kappa shape index (κ1) is 11.4. The van der Waals surface area contributed by atoms with E-state index in [1.165, 1.54) is 12.3 Å². The summed E-state index contributed by atoms with van der Waals surface area (Å²) in [6.45, 7) is -7.17. The number of hydrogen-bond acceptors (Lipinski definition) is 7. The molecule has 0 saturated heterocycles. The molecule has 0 aliphatic carbocycles. The average Bonchev–Trinajstić information content (AvgIpc) is 3.40. The topological polar surface area (TPSA) is 118 Å². The van der Waals surface area contributed by atoms with Crippen molar-refractivity contribution in [3.8, 4) is 0 Å². The molecule has 158 valence electrons. The monoisotopic (exact) mass is 458 g/mol. The van der Waals surface area contributed by atoms with Gasteiger partial charge in [0, 0.05) is 23.5 Å². The molecule has 8 nitrogen and oxygen atoms in total. The molecular weight excluding hydrogens is 426 g/mol. The summed E-state index contributed by atoms with van der Waals surface area (Å²) < 4.78 is 119. The summed E-state index contributed by atoms with van der Waals surface area (Å²) in [6, 6.07) is -1.51. The van der Waals surface area contributed by atoms with Crippen molar-refractivity contribution in [1.29, 1.82) is 0 Å². The second kappa shape index (κ2) is 8.04. The van der Waals surface area contributed by atoms with Crippen molar-refractivity contribution in [3.05, 3.63) is 56.4 Å². The molecule has 1 amide bonds. The van der Waals surface area contributed by atoms with Gasteiger partial charge in [-0.2, -0.15) is 0 Å². The highest BCUT2D eigenvalue weighted by atomic mass is 32.2. The number of aryl methyl sites for hydroxylation is 1. The molecule has 10 heteroatoms. The average molecular weight is 459 g/mol. The van der Waals surface area contributed by atoms with Gasteiger partial charge in [0.1, 0.15) is 9.77 Å². The maximum atomic E-state index is 13.4. The third-order valence-electron chi connectivity index (χ3n) is 3.97. The Morgan fingerprint density at radius 3 is 2.70 bits per heavy atom. The summed E-state index contributed by atoms with van der Waals surface area (Å²) in [5.74, 6) is -3.46. The van der Waals surface area contributed by atoms with Gasteiger partial charge in [-0.05, 0) is 63.0 Å². The first-order valence-electron chi connectivity index (χ1n) is 13.6. The highest BCUT2D eigenvalue weighted by Crippen LogP contribution is 2.29. The minimum atomic E-state index is -4.53. The van der Waals surface area contributed by atoms with Crippen LogP contribution in [0.5, 0.6) is 0 Å². The second-order valence-corrected chi connectivity index (χ2v) is 8.54. The molecule has 30 heavy (non-hydrogen) atoms. The number of thiophene rings is 1. The van der Waals surface area contributed by atoms with Crippen molar-refractivity contribution in [1.82, 2.24) is 5.16 Å². The van der Waals surface area contributed by atoms with E-state index in [-0.39, 0.29) is 5.88 Å². The van der Waals surface area contributed by atoms with Crippen LogP contribution in [-0.2, 0) is 10.0 Å². The summed E-state index contributed by atoms with van der Waals surface area (Å²) >= 11 is 0.575. The SMILES string of the molecule is [2H]c1c(C(=O)C([2H])([2H])[2H])c(NC(=O)c2sccc2S(=O)(=O)Nc2onc(C)c2C)c(C([2H])([2H])[2H])c([2H])c1C([2H])([2H])[2H]. The summed E-state index contributed by atoms with van der Waals surface area (Å²) in [7, 11) is -4.53. The lowest BCUT2D eigenvalue weighted by Gasteiger charge is -2.14. The molecule has 0 unspecified atom stereocenters. The third kappa shape index (κ3) is 4.14. The first-order valence-corrected chi connectivity index (χ1v) is 10.4. The van der Waals surface area contributed by atoms with Crippen LogP contribution in [0.15, 0.2) is 32.9 Å². The number of nitrogens with zero attached hydrogens (tertiary/aromatic N) is 1. The predicted octanol–water partition coefficient (Wildman–Crippen LogP) is 4.23. The molecular formula is C20H21N3O5S2. The Bertz CT molecular complexity index is 1650. The quantitative estimate of drug-likeness (QED) is 0.534. The Balaban J connectivity index is 2.26. The molecule has 2 heterocycles. The van der Waals surface area contributed by atoms with E-state index in [2.05, 4.69) is 9.88 Å². The number of rotatable bonds is 6. The molecule has 0 saturated carbocycles. The Morgan fingerprint density at radius 2 is 2.07 bits per heavy atom. The Morgan fingerprint density at radius 1 is 1.27 bits per heavy atom. The predicted molar refractivity (Wildman–Crippen MR) is 115 cm³/mol. The van der Waals surface area contributed by atoms with Crippen LogP contribution >= 0.6 is 11.3 Å². The van der Waals surface area contributed by atoms with E-state index in [0.717, 1.165) is 6.07 Å². The highest BCUT2D eigenvalue weighted by Gasteiger charge is 2.27. The largest absolute Gasteiger partial charge is 0.337 e. The molecule has 1 aromatic carbocycles. The van der Waals surface area contributed by atoms with Gasteiger partial charge in [-0.15, -0.1) is 11.3 Å². The number of benzene rings is 1. The third-order valence-corrected chi connectivity index (χ3v) is 6.39. The van der Waals surface area contributed by atoms with Gasteiger partial charge in [0.25, 0.3) is 15.9 Å². The van der Waals surface area contributed by atoms with Crippen molar-refractivity contribution in [2.75, 3.05) is 10.0 Å². The zero-order chi connectivity index (χ0) is 31.5. The number of Topliss-reactive ketones (excluding diaryl/α,β-unsaturated/α-hetero) is 1. The molecule has 3 rings (SSSR count). The van der Waals surface area contributed by atoms with Crippen molar-refractivity contribution < 1.29 is 37.6 Å². The molecule has 0 spiro atoms. The lowest BCUT2D eigenvalue weighted by atomic mass is 10.0. The number of carbonyl (C=O) groups excluding carboxylic acids is 2. The number of anilines is 2. The number of ketones is 1. The fraction of sp³-hybridized carbons (Fsp3) is 0.250. The molecule has 3 aromatic rings. The van der Waals surface area contributed by atoms with Crippen molar-refractivity contribution in [2.45, 2.75) is 39.3 Å². The van der Waals surface area contributed by atoms with E-state index in [9.17, 15) is 18.0 Å². The van der Waals surface area contributed by atoms with Crippen LogP contribution in [0.1, 0.15) is 64.3 Å². The minimum Gasteiger partial charge on any atom is -0.337 e. The van der Waals surface area contributed by atoms with E-state index in [1.807, 2.05) is 5.32 Å². The van der Waals surface area contributed by atoms with Crippen molar-refractivity contribution in [3.63, 3.8) is 0 Å². The maximum absolute atomic E-state index is 13.4. The number of amides is 1. The maximum Gasteiger partial charge on any atom is 0.267 e. The second-order valence-electron chi connectivity index (χ2n) is 5.97. The van der Waals surface area contributed by atoms with Crippen LogP contribution in [0.3, 0.4) is 0 Å². The zero-order valence-electron chi connectivity index (χ0n) is 26.5. The van der Waals surface area contributed by atoms with E-state index in [4.69, 9.17) is 19.6 Å². The first-order chi connectivity index (χ1) is 18.5. The van der Waals surface area contributed by atoms with Crippen molar-refractivity contribution >= 4 is 44.6 Å². The molecule has 0 aliphatic heterocycles. The molecule has 2 N–H and O–H groups in total. The van der Waals surface area contributed by atoms with E-state index in [1.54, 1.807) is 6.92 Å². The molecule has 0 atom stereocenters. The molecule has 0 fully saturated rings. The Kier molecular flexibility index (Phi) is 3.06. The molecule has 0 aliphatic rings. The van der Waals surface area contributed by atoms with E-state index >= 15 is 0 Å². The standard InChI is InChI=1S/C20H21N3O5S2/c1-10-8-11(2)17(15(9-10)14(5)24)21-19(25)18-16(6-7-29-18)30(26,27)23-20-12(3)13(4)22-28-20/h6-9,23H,1-5H3,(H,21,25)/i1D3,2D3,5D3,8D,9D. The number of hydrogen-bond donors (Lipinski definition) is 2. The minimum absolute atomic E-state index is 0.242. The van der Waals surface area contributed by atoms with Crippen LogP contribution < -0.4 is 10.0 Å². The molecule has 2 aromatic heterocycles.